The van der Waals surface area contributed by atoms with Crippen LogP contribution in [0, 0.1) is 11.3 Å². The van der Waals surface area contributed by atoms with Gasteiger partial charge in [-0.3, -0.25) is 4.98 Å². The predicted molar refractivity (Wildman–Crippen MR) is 63.0 cm³/mol. The van der Waals surface area contributed by atoms with Gasteiger partial charge in [0.05, 0.1) is 11.1 Å². The molecule has 1 aromatic heterocycles. The summed E-state index contributed by atoms with van der Waals surface area (Å²) in [5, 5.41) is 9.91. The van der Waals surface area contributed by atoms with Crippen LogP contribution in [0.1, 0.15) is 18.4 Å². The maximum absolute atomic E-state index is 9.24. The third-order valence-corrected chi connectivity index (χ3v) is 4.46. The number of thioether (sulfide) groups is 1. The average Bonchev–Trinajstić information content (AvgIpc) is 2.71. The first kappa shape index (κ1) is 10.8. The third-order valence-electron chi connectivity index (χ3n) is 2.64. The number of nitriles is 1. The molecule has 2 nitrogen and oxygen atoms in total. The van der Waals surface area contributed by atoms with Crippen LogP contribution in [0.3, 0.4) is 0 Å². The highest BCUT2D eigenvalue weighted by Crippen LogP contribution is 2.41. The Morgan fingerprint density at radius 2 is 2.53 bits per heavy atom. The SMILES string of the molecule is N#CC1(Cc2ccncc2Cl)CCCS1. The minimum absolute atomic E-state index is 0.259. The van der Waals surface area contributed by atoms with Gasteiger partial charge in [0.25, 0.3) is 0 Å². The van der Waals surface area contributed by atoms with E-state index in [1.165, 1.54) is 0 Å². The van der Waals surface area contributed by atoms with E-state index in [1.807, 2.05) is 6.07 Å². The van der Waals surface area contributed by atoms with E-state index in [-0.39, 0.29) is 4.75 Å². The van der Waals surface area contributed by atoms with Gasteiger partial charge in [-0.25, -0.2) is 0 Å². The lowest BCUT2D eigenvalue weighted by Gasteiger charge is -2.19. The van der Waals surface area contributed by atoms with Crippen molar-refractivity contribution in [3.05, 3.63) is 29.0 Å². The molecule has 0 N–H and O–H groups in total. The van der Waals surface area contributed by atoms with Crippen molar-refractivity contribution in [2.24, 2.45) is 0 Å². The maximum Gasteiger partial charge on any atom is 0.106 e. The fourth-order valence-electron chi connectivity index (χ4n) is 1.82. The fraction of sp³-hybridized carbons (Fsp3) is 0.455. The summed E-state index contributed by atoms with van der Waals surface area (Å²) in [6, 6.07) is 4.34. The molecular formula is C11H11ClN2S. The van der Waals surface area contributed by atoms with E-state index < -0.39 is 0 Å². The number of hydrogen-bond acceptors (Lipinski definition) is 3. The number of aromatic nitrogens is 1. The Labute approximate surface area is 98.7 Å². The zero-order valence-corrected chi connectivity index (χ0v) is 9.81. The summed E-state index contributed by atoms with van der Waals surface area (Å²) in [5.41, 5.74) is 1.03. The third kappa shape index (κ3) is 2.27. The summed E-state index contributed by atoms with van der Waals surface area (Å²) in [7, 11) is 0. The number of rotatable bonds is 2. The fourth-order valence-corrected chi connectivity index (χ4v) is 3.30. The average molecular weight is 239 g/mol. The van der Waals surface area contributed by atoms with E-state index in [9.17, 15) is 5.26 Å². The largest absolute Gasteiger partial charge is 0.263 e. The summed E-state index contributed by atoms with van der Waals surface area (Å²) >= 11 is 7.79. The van der Waals surface area contributed by atoms with Crippen LogP contribution >= 0.6 is 23.4 Å². The van der Waals surface area contributed by atoms with Gasteiger partial charge in [0, 0.05) is 18.8 Å². The van der Waals surface area contributed by atoms with Crippen molar-refractivity contribution < 1.29 is 0 Å². The van der Waals surface area contributed by atoms with Gasteiger partial charge < -0.3 is 0 Å². The highest BCUT2D eigenvalue weighted by atomic mass is 35.5. The van der Waals surface area contributed by atoms with Gasteiger partial charge in [0.2, 0.25) is 0 Å². The molecule has 1 atom stereocenters. The van der Waals surface area contributed by atoms with Crippen LogP contribution in [0.5, 0.6) is 0 Å². The second-order valence-corrected chi connectivity index (χ2v) is 5.59. The van der Waals surface area contributed by atoms with E-state index in [0.29, 0.717) is 5.02 Å². The molecule has 2 rings (SSSR count). The van der Waals surface area contributed by atoms with Crippen molar-refractivity contribution in [2.45, 2.75) is 24.0 Å². The van der Waals surface area contributed by atoms with Gasteiger partial charge in [0.1, 0.15) is 4.75 Å². The molecule has 0 bridgehead atoms. The summed E-state index contributed by atoms with van der Waals surface area (Å²) in [4.78, 5) is 3.95. The maximum atomic E-state index is 9.24. The molecule has 1 aliphatic heterocycles. The van der Waals surface area contributed by atoms with Crippen molar-refractivity contribution in [2.75, 3.05) is 5.75 Å². The van der Waals surface area contributed by atoms with Crippen LogP contribution in [0.15, 0.2) is 18.5 Å². The molecular weight excluding hydrogens is 228 g/mol. The van der Waals surface area contributed by atoms with Gasteiger partial charge in [-0.1, -0.05) is 11.6 Å². The first-order chi connectivity index (χ1) is 7.26. The molecule has 0 spiro atoms. The molecule has 1 saturated heterocycles. The summed E-state index contributed by atoms with van der Waals surface area (Å²) < 4.78 is -0.259. The van der Waals surface area contributed by atoms with E-state index in [1.54, 1.807) is 24.2 Å². The Morgan fingerprint density at radius 1 is 1.67 bits per heavy atom. The first-order valence-corrected chi connectivity index (χ1v) is 6.26. The van der Waals surface area contributed by atoms with Crippen LogP contribution in [0.25, 0.3) is 0 Å². The Kier molecular flexibility index (Phi) is 3.18. The van der Waals surface area contributed by atoms with Crippen molar-refractivity contribution in [1.29, 1.82) is 5.26 Å². The molecule has 0 aromatic carbocycles. The molecule has 1 aromatic rings. The molecule has 78 valence electrons. The number of hydrogen-bond donors (Lipinski definition) is 0. The predicted octanol–water partition coefficient (Wildman–Crippen LogP) is 3.07. The lowest BCUT2D eigenvalue weighted by atomic mass is 9.96. The van der Waals surface area contributed by atoms with E-state index >= 15 is 0 Å². The van der Waals surface area contributed by atoms with Gasteiger partial charge in [-0.05, 0) is 30.2 Å². The molecule has 15 heavy (non-hydrogen) atoms. The molecule has 0 radical (unpaired) electrons. The van der Waals surface area contributed by atoms with Crippen LogP contribution < -0.4 is 0 Å². The lowest BCUT2D eigenvalue weighted by Crippen LogP contribution is -2.21. The number of nitrogens with zero attached hydrogens (tertiary/aromatic N) is 2. The van der Waals surface area contributed by atoms with Crippen LogP contribution in [0.2, 0.25) is 5.02 Å². The van der Waals surface area contributed by atoms with E-state index in [0.717, 1.165) is 30.6 Å². The summed E-state index contributed by atoms with van der Waals surface area (Å²) in [6.45, 7) is 0. The smallest absolute Gasteiger partial charge is 0.106 e. The highest BCUT2D eigenvalue weighted by molar-refractivity contribution is 8.01. The van der Waals surface area contributed by atoms with E-state index in [2.05, 4.69) is 11.1 Å². The standard InChI is InChI=1S/C11H11ClN2S/c12-10-7-14-4-2-9(10)6-11(8-13)3-1-5-15-11/h2,4,7H,1,3,5-6H2. The molecule has 0 aliphatic carbocycles. The number of halogens is 1. The van der Waals surface area contributed by atoms with Gasteiger partial charge in [-0.15, -0.1) is 11.8 Å². The van der Waals surface area contributed by atoms with Crippen molar-refractivity contribution in [3.8, 4) is 6.07 Å². The zero-order valence-electron chi connectivity index (χ0n) is 8.24. The number of pyridine rings is 1. The monoisotopic (exact) mass is 238 g/mol. The van der Waals surface area contributed by atoms with Gasteiger partial charge in [0.15, 0.2) is 0 Å². The lowest BCUT2D eigenvalue weighted by molar-refractivity contribution is 0.672. The normalized spacial score (nSPS) is 25.1. The van der Waals surface area contributed by atoms with Crippen LogP contribution in [-0.4, -0.2) is 15.5 Å². The molecule has 2 heterocycles. The topological polar surface area (TPSA) is 36.7 Å². The second-order valence-electron chi connectivity index (χ2n) is 3.70. The van der Waals surface area contributed by atoms with Gasteiger partial charge in [-0.2, -0.15) is 5.26 Å². The van der Waals surface area contributed by atoms with Crippen molar-refractivity contribution in [3.63, 3.8) is 0 Å². The molecule has 1 fully saturated rings. The second kappa shape index (κ2) is 4.42. The Hall–Kier alpha value is -0.720. The van der Waals surface area contributed by atoms with E-state index in [4.69, 9.17) is 11.6 Å². The Balaban J connectivity index is 2.21. The highest BCUT2D eigenvalue weighted by Gasteiger charge is 2.35. The summed E-state index contributed by atoms with van der Waals surface area (Å²) in [6.07, 6.45) is 6.19. The first-order valence-electron chi connectivity index (χ1n) is 4.89. The minimum Gasteiger partial charge on any atom is -0.263 e. The molecule has 1 aliphatic rings. The van der Waals surface area contributed by atoms with Crippen molar-refractivity contribution >= 4 is 23.4 Å². The van der Waals surface area contributed by atoms with Gasteiger partial charge >= 0.3 is 0 Å². The molecule has 0 saturated carbocycles. The quantitative estimate of drug-likeness (QED) is 0.795. The Morgan fingerprint density at radius 3 is 3.13 bits per heavy atom. The molecule has 4 heteroatoms. The zero-order chi connectivity index (χ0) is 10.7. The summed E-state index contributed by atoms with van der Waals surface area (Å²) in [5.74, 6) is 1.08. The molecule has 0 amide bonds. The van der Waals surface area contributed by atoms with Crippen LogP contribution in [0.4, 0.5) is 0 Å². The molecule has 1 unspecified atom stereocenters. The Bertz CT molecular complexity index is 394. The van der Waals surface area contributed by atoms with Crippen molar-refractivity contribution in [1.82, 2.24) is 4.98 Å². The minimum atomic E-state index is -0.259. The van der Waals surface area contributed by atoms with Crippen LogP contribution in [-0.2, 0) is 6.42 Å².